The van der Waals surface area contributed by atoms with E-state index in [9.17, 15) is 36.7 Å². The fraction of sp³-hybridized carbons (Fsp3) is 0.824. The number of fused-ring (bicyclic) bond motifs is 5. The predicted molar refractivity (Wildman–Crippen MR) is 165 cm³/mol. The highest BCUT2D eigenvalue weighted by molar-refractivity contribution is 7.91. The van der Waals surface area contributed by atoms with Gasteiger partial charge in [0.05, 0.1) is 6.10 Å². The molecule has 4 rings (SSSR count). The number of benzene rings is 1. The van der Waals surface area contributed by atoms with Crippen LogP contribution in [0.3, 0.4) is 0 Å². The molecule has 7 atom stereocenters. The van der Waals surface area contributed by atoms with Gasteiger partial charge in [0.15, 0.2) is 0 Å². The lowest BCUT2D eigenvalue weighted by molar-refractivity contribution is -0.284. The van der Waals surface area contributed by atoms with Crippen molar-refractivity contribution in [2.75, 3.05) is 18.1 Å². The molecule has 3 aliphatic rings. The zero-order chi connectivity index (χ0) is 32.5. The maximum absolute atomic E-state index is 13.0. The second kappa shape index (κ2) is 16.6. The summed E-state index contributed by atoms with van der Waals surface area (Å²) in [4.78, 5) is 0. The molecule has 0 saturated heterocycles. The zero-order valence-corrected chi connectivity index (χ0v) is 27.2. The van der Waals surface area contributed by atoms with Crippen molar-refractivity contribution in [3.8, 4) is 5.75 Å². The number of rotatable bonds is 14. The van der Waals surface area contributed by atoms with E-state index < -0.39 is 36.1 Å². The van der Waals surface area contributed by atoms with Crippen molar-refractivity contribution in [1.82, 2.24) is 0 Å². The van der Waals surface area contributed by atoms with Crippen molar-refractivity contribution in [3.05, 3.63) is 29.3 Å². The van der Waals surface area contributed by atoms with E-state index in [1.807, 2.05) is 12.1 Å². The van der Waals surface area contributed by atoms with Crippen LogP contribution >= 0.6 is 0 Å². The van der Waals surface area contributed by atoms with Gasteiger partial charge in [0.1, 0.15) is 17.3 Å². The summed E-state index contributed by atoms with van der Waals surface area (Å²) >= 11 is -1.35. The van der Waals surface area contributed by atoms with Crippen LogP contribution in [0.5, 0.6) is 5.75 Å². The Morgan fingerprint density at radius 1 is 0.932 bits per heavy atom. The van der Waals surface area contributed by atoms with E-state index >= 15 is 0 Å². The van der Waals surface area contributed by atoms with Crippen LogP contribution in [-0.2, 0) is 17.6 Å². The molecule has 0 amide bonds. The average Bonchev–Trinajstić information content (AvgIpc) is 3.25. The van der Waals surface area contributed by atoms with Gasteiger partial charge >= 0.3 is 12.1 Å². The van der Waals surface area contributed by atoms with E-state index in [1.165, 1.54) is 11.1 Å². The van der Waals surface area contributed by atoms with Crippen LogP contribution in [0.1, 0.15) is 121 Å². The number of hydrogen-bond donors (Lipinski definition) is 3. The molecule has 3 N–H and O–H groups in total. The summed E-state index contributed by atoms with van der Waals surface area (Å²) in [7, 11) is 0. The minimum Gasteiger partial charge on any atom is -0.616 e. The van der Waals surface area contributed by atoms with Crippen LogP contribution < -0.4 is 0 Å². The van der Waals surface area contributed by atoms with E-state index in [0.717, 1.165) is 77.0 Å². The van der Waals surface area contributed by atoms with E-state index in [1.54, 1.807) is 6.92 Å². The maximum Gasteiger partial charge on any atom is 0.453 e. The number of phenols is 1. The van der Waals surface area contributed by atoms with Gasteiger partial charge in [0, 0.05) is 13.0 Å². The molecule has 2 saturated carbocycles. The number of unbranched alkanes of at least 4 members (excludes halogenated alkanes) is 6. The molecule has 0 radical (unpaired) electrons. The lowest BCUT2D eigenvalue weighted by Crippen LogP contribution is -2.47. The second-order valence-electron chi connectivity index (χ2n) is 13.5. The van der Waals surface area contributed by atoms with Gasteiger partial charge < -0.3 is 19.9 Å². The molecule has 1 aromatic carbocycles. The third-order valence-corrected chi connectivity index (χ3v) is 12.0. The number of aliphatic hydroxyl groups excluding tert-OH is 2. The SMILES string of the molecule is CCO.C[C@]12CC[C@@H]3c4ccc(O)cc4C[C@@H](CCCCCCCCC[S+]([O-])CCCC(F)(F)C(F)(F)F)[C@H]3[C@@H]1CC[C@@H]2O. The Bertz CT molecular complexity index is 1010. The normalized spacial score (nSPS) is 28.8. The first-order chi connectivity index (χ1) is 20.7. The molecule has 0 bridgehead atoms. The summed E-state index contributed by atoms with van der Waals surface area (Å²) in [5.74, 6) is -1.91. The van der Waals surface area contributed by atoms with Gasteiger partial charge in [-0.25, -0.2) is 0 Å². The molecule has 3 aliphatic carbocycles. The van der Waals surface area contributed by atoms with Crippen LogP contribution in [0.15, 0.2) is 18.2 Å². The standard InChI is InChI=1S/C32H47F5O3S.C2H6O/c1-30-17-15-26-25-12-11-24(38)21-23(25)20-22(29(26)27(30)13-14-28(30)39)10-7-5-3-2-4-6-8-18-41(40)19-9-16-31(33,34)32(35,36)37;1-2-3/h11-12,21-22,26-29,38-39H,2-10,13-20H2,1H3;3H,2H2,1H3/t22-,26-,27+,28+,29-,30+,41?;/m1./s1. The molecular weight excluding hydrogens is 599 g/mol. The third kappa shape index (κ3) is 9.47. The first-order valence-electron chi connectivity index (χ1n) is 16.7. The third-order valence-electron chi connectivity index (χ3n) is 10.6. The lowest BCUT2D eigenvalue weighted by atomic mass is 9.52. The molecule has 0 aromatic heterocycles. The van der Waals surface area contributed by atoms with Gasteiger partial charge in [0.25, 0.3) is 0 Å². The minimum atomic E-state index is -5.54. The van der Waals surface area contributed by atoms with Gasteiger partial charge in [-0.1, -0.05) is 56.3 Å². The van der Waals surface area contributed by atoms with Crippen molar-refractivity contribution in [3.63, 3.8) is 0 Å². The van der Waals surface area contributed by atoms with Gasteiger partial charge in [-0.15, -0.1) is 0 Å². The van der Waals surface area contributed by atoms with Crippen LogP contribution in [-0.4, -0.2) is 56.2 Å². The molecular formula is C34H53F5O4S. The molecule has 1 unspecified atom stereocenters. The van der Waals surface area contributed by atoms with Crippen LogP contribution in [0.4, 0.5) is 22.0 Å². The van der Waals surface area contributed by atoms with Crippen molar-refractivity contribution in [2.45, 2.75) is 134 Å². The number of hydrogen-bond acceptors (Lipinski definition) is 4. The monoisotopic (exact) mass is 652 g/mol. The molecule has 0 spiro atoms. The summed E-state index contributed by atoms with van der Waals surface area (Å²) in [6.45, 7) is 4.23. The zero-order valence-electron chi connectivity index (χ0n) is 26.4. The van der Waals surface area contributed by atoms with E-state index in [2.05, 4.69) is 13.0 Å². The number of alkyl halides is 5. The lowest BCUT2D eigenvalue weighted by Gasteiger charge is -2.53. The summed E-state index contributed by atoms with van der Waals surface area (Å²) in [5.41, 5.74) is 2.73. The van der Waals surface area contributed by atoms with Crippen molar-refractivity contribution >= 4 is 11.2 Å². The molecule has 44 heavy (non-hydrogen) atoms. The Kier molecular flexibility index (Phi) is 14.1. The molecule has 254 valence electrons. The maximum atomic E-state index is 13.0. The Balaban J connectivity index is 0.00000169. The van der Waals surface area contributed by atoms with Gasteiger partial charge in [-0.3, -0.25) is 0 Å². The van der Waals surface area contributed by atoms with Crippen molar-refractivity contribution in [2.24, 2.45) is 23.2 Å². The Morgan fingerprint density at radius 2 is 1.55 bits per heavy atom. The van der Waals surface area contributed by atoms with E-state index in [0.29, 0.717) is 41.6 Å². The first kappa shape index (κ1) is 37.4. The Hall–Kier alpha value is -1.10. The summed E-state index contributed by atoms with van der Waals surface area (Å²) < 4.78 is 74.5. The molecule has 10 heteroatoms. The molecule has 2 fully saturated rings. The van der Waals surface area contributed by atoms with Crippen LogP contribution in [0, 0.1) is 23.2 Å². The quantitative estimate of drug-likeness (QED) is 0.107. The highest BCUT2D eigenvalue weighted by Crippen LogP contribution is 2.62. The molecule has 1 aromatic rings. The molecule has 4 nitrogen and oxygen atoms in total. The fourth-order valence-corrected chi connectivity index (χ4v) is 9.48. The predicted octanol–water partition coefficient (Wildman–Crippen LogP) is 8.68. The van der Waals surface area contributed by atoms with Gasteiger partial charge in [-0.2, -0.15) is 22.0 Å². The van der Waals surface area contributed by atoms with E-state index in [4.69, 9.17) is 5.11 Å². The summed E-state index contributed by atoms with van der Waals surface area (Å²) in [6, 6.07) is 5.92. The van der Waals surface area contributed by atoms with Crippen molar-refractivity contribution < 1.29 is 41.8 Å². The summed E-state index contributed by atoms with van der Waals surface area (Å²) in [5, 5.41) is 28.5. The second-order valence-corrected chi connectivity index (χ2v) is 15.2. The number of halogens is 5. The van der Waals surface area contributed by atoms with Gasteiger partial charge in [-0.05, 0) is 117 Å². The number of aliphatic hydroxyl groups is 2. The largest absolute Gasteiger partial charge is 0.616 e. The number of aromatic hydroxyl groups is 1. The highest BCUT2D eigenvalue weighted by Gasteiger charge is 2.57. The molecule has 0 heterocycles. The summed E-state index contributed by atoms with van der Waals surface area (Å²) in [6.07, 6.45) is 5.97. The smallest absolute Gasteiger partial charge is 0.453 e. The molecule has 0 aliphatic heterocycles. The fourth-order valence-electron chi connectivity index (χ4n) is 8.28. The van der Waals surface area contributed by atoms with Crippen LogP contribution in [0.25, 0.3) is 0 Å². The van der Waals surface area contributed by atoms with E-state index in [-0.39, 0.29) is 23.9 Å². The average molecular weight is 653 g/mol. The topological polar surface area (TPSA) is 83.8 Å². The first-order valence-corrected chi connectivity index (χ1v) is 18.1. The highest BCUT2D eigenvalue weighted by atomic mass is 32.2. The Morgan fingerprint density at radius 3 is 2.20 bits per heavy atom. The van der Waals surface area contributed by atoms with Crippen LogP contribution in [0.2, 0.25) is 0 Å². The minimum absolute atomic E-state index is 0.0195. The number of phenolic OH excluding ortho intramolecular Hbond substituents is 1. The van der Waals surface area contributed by atoms with Crippen molar-refractivity contribution in [1.29, 1.82) is 0 Å². The Labute approximate surface area is 263 Å². The van der Waals surface area contributed by atoms with Gasteiger partial charge in [0.2, 0.25) is 0 Å².